The average Bonchev–Trinajstić information content (AvgIpc) is 2.39. The van der Waals surface area contributed by atoms with Crippen molar-refractivity contribution >= 4 is 17.7 Å². The molecule has 0 aliphatic rings. The number of hydrogen-bond acceptors (Lipinski definition) is 3. The summed E-state index contributed by atoms with van der Waals surface area (Å²) in [6, 6.07) is 6.31. The topological polar surface area (TPSA) is 55.1 Å². The highest BCUT2D eigenvalue weighted by Crippen LogP contribution is 2.14. The number of benzene rings is 1. The van der Waals surface area contributed by atoms with Gasteiger partial charge in [-0.15, -0.1) is 0 Å². The lowest BCUT2D eigenvalue weighted by Crippen LogP contribution is -2.42. The fourth-order valence-corrected chi connectivity index (χ4v) is 2.63. The quantitative estimate of drug-likeness (QED) is 0.725. The van der Waals surface area contributed by atoms with E-state index in [1.54, 1.807) is 23.9 Å². The Kier molecular flexibility index (Phi) is 7.62. The lowest BCUT2D eigenvalue weighted by Gasteiger charge is -2.14. The second-order valence-electron chi connectivity index (χ2n) is 5.17. The maximum atomic E-state index is 13.4. The molecule has 0 aromatic heterocycles. The summed E-state index contributed by atoms with van der Waals surface area (Å²) in [6.07, 6.45) is 0.689. The third kappa shape index (κ3) is 6.39. The summed E-state index contributed by atoms with van der Waals surface area (Å²) in [5, 5.41) is 2.81. The third-order valence-electron chi connectivity index (χ3n) is 2.82. The van der Waals surface area contributed by atoms with Crippen LogP contribution in [0, 0.1) is 11.7 Å². The van der Waals surface area contributed by atoms with E-state index in [9.17, 15) is 9.18 Å². The Morgan fingerprint density at radius 2 is 2.10 bits per heavy atom. The van der Waals surface area contributed by atoms with Gasteiger partial charge in [-0.2, -0.15) is 11.8 Å². The smallest absolute Gasteiger partial charge is 0.236 e. The molecule has 0 saturated heterocycles. The SMILES string of the molecule is CC(C)C[C@H](N)C(=O)NCCSCc1ccccc1F. The maximum absolute atomic E-state index is 13.4. The maximum Gasteiger partial charge on any atom is 0.236 e. The van der Waals surface area contributed by atoms with Gasteiger partial charge in [0.05, 0.1) is 6.04 Å². The molecule has 1 atom stereocenters. The molecular formula is C15H23FN2OS. The third-order valence-corrected chi connectivity index (χ3v) is 3.83. The van der Waals surface area contributed by atoms with E-state index in [4.69, 9.17) is 5.73 Å². The van der Waals surface area contributed by atoms with Crippen molar-refractivity contribution in [3.05, 3.63) is 35.6 Å². The Bertz CT molecular complexity index is 426. The van der Waals surface area contributed by atoms with Crippen LogP contribution in [0.5, 0.6) is 0 Å². The first-order valence-corrected chi connectivity index (χ1v) is 8.00. The van der Waals surface area contributed by atoms with Gasteiger partial charge in [0.2, 0.25) is 5.91 Å². The van der Waals surface area contributed by atoms with Crippen LogP contribution in [0.1, 0.15) is 25.8 Å². The molecule has 1 amide bonds. The van der Waals surface area contributed by atoms with Crippen LogP contribution < -0.4 is 11.1 Å². The molecule has 0 radical (unpaired) electrons. The number of amides is 1. The van der Waals surface area contributed by atoms with Crippen molar-refractivity contribution in [3.63, 3.8) is 0 Å². The summed E-state index contributed by atoms with van der Waals surface area (Å²) in [7, 11) is 0. The van der Waals surface area contributed by atoms with Gasteiger partial charge in [-0.25, -0.2) is 4.39 Å². The zero-order chi connectivity index (χ0) is 15.0. The van der Waals surface area contributed by atoms with Gasteiger partial charge >= 0.3 is 0 Å². The molecule has 112 valence electrons. The van der Waals surface area contributed by atoms with Crippen LogP contribution in [0.3, 0.4) is 0 Å². The predicted molar refractivity (Wildman–Crippen MR) is 83.0 cm³/mol. The minimum absolute atomic E-state index is 0.106. The molecule has 0 unspecified atom stereocenters. The summed E-state index contributed by atoms with van der Waals surface area (Å²) < 4.78 is 13.4. The number of carbonyl (C=O) groups is 1. The summed E-state index contributed by atoms with van der Waals surface area (Å²) in [5.74, 6) is 1.48. The Balaban J connectivity index is 2.16. The van der Waals surface area contributed by atoms with E-state index >= 15 is 0 Å². The molecule has 3 nitrogen and oxygen atoms in total. The Hall–Kier alpha value is -1.07. The van der Waals surface area contributed by atoms with Gasteiger partial charge in [-0.3, -0.25) is 4.79 Å². The van der Waals surface area contributed by atoms with Crippen LogP contribution in [0.25, 0.3) is 0 Å². The summed E-state index contributed by atoms with van der Waals surface area (Å²) >= 11 is 1.59. The number of rotatable bonds is 8. The molecule has 1 aromatic rings. The van der Waals surface area contributed by atoms with Crippen molar-refractivity contribution in [3.8, 4) is 0 Å². The van der Waals surface area contributed by atoms with Crippen LogP contribution in [0.15, 0.2) is 24.3 Å². The fourth-order valence-electron chi connectivity index (χ4n) is 1.79. The molecule has 0 aliphatic heterocycles. The van der Waals surface area contributed by atoms with Gasteiger partial charge in [0, 0.05) is 18.1 Å². The molecule has 20 heavy (non-hydrogen) atoms. The van der Waals surface area contributed by atoms with E-state index in [1.165, 1.54) is 6.07 Å². The second kappa shape index (κ2) is 8.97. The predicted octanol–water partition coefficient (Wildman–Crippen LogP) is 2.55. The van der Waals surface area contributed by atoms with Crippen LogP contribution in [0.4, 0.5) is 4.39 Å². The Morgan fingerprint density at radius 1 is 1.40 bits per heavy atom. The van der Waals surface area contributed by atoms with Crippen LogP contribution >= 0.6 is 11.8 Å². The van der Waals surface area contributed by atoms with E-state index in [0.717, 1.165) is 5.75 Å². The van der Waals surface area contributed by atoms with E-state index in [1.807, 2.05) is 19.9 Å². The minimum atomic E-state index is -0.438. The van der Waals surface area contributed by atoms with Crippen molar-refractivity contribution in [2.45, 2.75) is 32.1 Å². The highest BCUT2D eigenvalue weighted by molar-refractivity contribution is 7.98. The standard InChI is InChI=1S/C15H23FN2OS/c1-11(2)9-14(17)15(19)18-7-8-20-10-12-5-3-4-6-13(12)16/h3-6,11,14H,7-10,17H2,1-2H3,(H,18,19)/t14-/m0/s1. The largest absolute Gasteiger partial charge is 0.354 e. The molecule has 5 heteroatoms. The summed E-state index contributed by atoms with van der Waals surface area (Å²) in [4.78, 5) is 11.7. The van der Waals surface area contributed by atoms with Crippen LogP contribution in [-0.4, -0.2) is 24.2 Å². The van der Waals surface area contributed by atoms with E-state index in [2.05, 4.69) is 5.32 Å². The van der Waals surface area contributed by atoms with E-state index < -0.39 is 6.04 Å². The minimum Gasteiger partial charge on any atom is -0.354 e. The number of hydrogen-bond donors (Lipinski definition) is 2. The van der Waals surface area contributed by atoms with Gasteiger partial charge in [0.15, 0.2) is 0 Å². The molecule has 0 bridgehead atoms. The lowest BCUT2D eigenvalue weighted by atomic mass is 10.0. The zero-order valence-electron chi connectivity index (χ0n) is 12.1. The lowest BCUT2D eigenvalue weighted by molar-refractivity contribution is -0.122. The highest BCUT2D eigenvalue weighted by atomic mass is 32.2. The van der Waals surface area contributed by atoms with E-state index in [-0.39, 0.29) is 11.7 Å². The molecule has 0 aliphatic carbocycles. The van der Waals surface area contributed by atoms with Crippen molar-refractivity contribution in [1.29, 1.82) is 0 Å². The van der Waals surface area contributed by atoms with Crippen LogP contribution in [0.2, 0.25) is 0 Å². The summed E-state index contributed by atoms with van der Waals surface area (Å²) in [6.45, 7) is 4.64. The number of halogens is 1. The monoisotopic (exact) mass is 298 g/mol. The number of nitrogens with one attached hydrogen (secondary N) is 1. The zero-order valence-corrected chi connectivity index (χ0v) is 12.9. The van der Waals surface area contributed by atoms with Crippen LogP contribution in [-0.2, 0) is 10.5 Å². The molecule has 0 spiro atoms. The van der Waals surface area contributed by atoms with Gasteiger partial charge in [-0.1, -0.05) is 32.0 Å². The molecule has 0 saturated carbocycles. The second-order valence-corrected chi connectivity index (χ2v) is 6.28. The van der Waals surface area contributed by atoms with Gasteiger partial charge < -0.3 is 11.1 Å². The number of nitrogens with two attached hydrogens (primary N) is 1. The molecule has 0 heterocycles. The first-order chi connectivity index (χ1) is 9.50. The first-order valence-electron chi connectivity index (χ1n) is 6.85. The molecular weight excluding hydrogens is 275 g/mol. The molecule has 1 rings (SSSR count). The average molecular weight is 298 g/mol. The Labute approximate surface area is 124 Å². The number of thioether (sulfide) groups is 1. The van der Waals surface area contributed by atoms with Crippen molar-refractivity contribution in [1.82, 2.24) is 5.32 Å². The van der Waals surface area contributed by atoms with Gasteiger partial charge in [0.25, 0.3) is 0 Å². The van der Waals surface area contributed by atoms with E-state index in [0.29, 0.717) is 30.2 Å². The van der Waals surface area contributed by atoms with Gasteiger partial charge in [0.1, 0.15) is 5.82 Å². The molecule has 0 fully saturated rings. The molecule has 3 N–H and O–H groups in total. The Morgan fingerprint density at radius 3 is 2.75 bits per heavy atom. The first kappa shape index (κ1) is 17.0. The summed E-state index contributed by atoms with van der Waals surface area (Å²) in [5.41, 5.74) is 6.47. The van der Waals surface area contributed by atoms with Gasteiger partial charge in [-0.05, 0) is 24.0 Å². The van der Waals surface area contributed by atoms with Crippen molar-refractivity contribution in [2.75, 3.05) is 12.3 Å². The normalized spacial score (nSPS) is 12.4. The fraction of sp³-hybridized carbons (Fsp3) is 0.533. The highest BCUT2D eigenvalue weighted by Gasteiger charge is 2.13. The number of carbonyl (C=O) groups excluding carboxylic acids is 1. The molecule has 1 aromatic carbocycles. The van der Waals surface area contributed by atoms with Crippen molar-refractivity contribution in [2.24, 2.45) is 11.7 Å². The van der Waals surface area contributed by atoms with Crippen molar-refractivity contribution < 1.29 is 9.18 Å².